The molecule has 1 heterocycles. The zero-order valence-electron chi connectivity index (χ0n) is 24.5. The van der Waals surface area contributed by atoms with Crippen molar-refractivity contribution in [3.63, 3.8) is 0 Å². The average Bonchev–Trinajstić information content (AvgIpc) is 3.55. The van der Waals surface area contributed by atoms with E-state index in [-0.39, 0.29) is 5.41 Å². The predicted octanol–water partition coefficient (Wildman–Crippen LogP) is 10.7. The lowest BCUT2D eigenvalue weighted by Crippen LogP contribution is -2.25. The van der Waals surface area contributed by atoms with Gasteiger partial charge in [0.25, 0.3) is 0 Å². The molecule has 6 aromatic carbocycles. The van der Waals surface area contributed by atoms with E-state index < -0.39 is 0 Å². The minimum absolute atomic E-state index is 0.347. The normalized spacial score (nSPS) is 13.3. The van der Waals surface area contributed by atoms with Gasteiger partial charge in [0.1, 0.15) is 0 Å². The van der Waals surface area contributed by atoms with Crippen molar-refractivity contribution in [3.8, 4) is 55.6 Å². The molecule has 2 aliphatic carbocycles. The van der Waals surface area contributed by atoms with Crippen molar-refractivity contribution in [1.29, 1.82) is 0 Å². The highest BCUT2D eigenvalue weighted by molar-refractivity contribution is 5.97. The Morgan fingerprint density at radius 3 is 1.50 bits per heavy atom. The van der Waals surface area contributed by atoms with Crippen molar-refractivity contribution in [1.82, 2.24) is 4.98 Å². The average molecular weight is 560 g/mol. The maximum absolute atomic E-state index is 4.45. The van der Waals surface area contributed by atoms with Gasteiger partial charge in [-0.25, -0.2) is 0 Å². The Morgan fingerprint density at radius 1 is 0.364 bits per heavy atom. The summed E-state index contributed by atoms with van der Waals surface area (Å²) >= 11 is 0. The fraction of sp³-hybridized carbons (Fsp3) is 0.0465. The summed E-state index contributed by atoms with van der Waals surface area (Å²) in [5, 5.41) is 0. The van der Waals surface area contributed by atoms with Gasteiger partial charge in [-0.15, -0.1) is 0 Å². The molecular weight excluding hydrogens is 530 g/mol. The quantitative estimate of drug-likeness (QED) is 0.210. The van der Waals surface area contributed by atoms with E-state index in [1.807, 2.05) is 12.4 Å². The topological polar surface area (TPSA) is 12.9 Å². The first-order valence-corrected chi connectivity index (χ1v) is 15.3. The van der Waals surface area contributed by atoms with Gasteiger partial charge in [0.15, 0.2) is 0 Å². The molecule has 0 saturated carbocycles. The van der Waals surface area contributed by atoms with Crippen LogP contribution in [0.4, 0.5) is 0 Å². The first-order chi connectivity index (χ1) is 21.7. The molecule has 1 heteroatoms. The third-order valence-corrected chi connectivity index (χ3v) is 9.60. The Kier molecular flexibility index (Phi) is 5.39. The lowest BCUT2D eigenvalue weighted by molar-refractivity contribution is 0.794. The summed E-state index contributed by atoms with van der Waals surface area (Å²) in [6, 6.07) is 54.0. The van der Waals surface area contributed by atoms with E-state index in [9.17, 15) is 0 Å². The highest BCUT2D eigenvalue weighted by atomic mass is 14.6. The summed E-state index contributed by atoms with van der Waals surface area (Å²) in [6.07, 6.45) is 3.86. The standard InChI is InChI=1S/C43H29N/c1-28-22-34(27-44-26-28)31-13-9-12-30(23-31)33-19-21-42-38(25-33)37-24-32(29-10-3-2-4-11-29)18-20-41(37)43(42)39-16-7-5-14-35(39)36-15-6-8-17-40(36)43/h2-27H,1H3. The Balaban J connectivity index is 1.30. The van der Waals surface area contributed by atoms with Gasteiger partial charge in [0.05, 0.1) is 5.41 Å². The summed E-state index contributed by atoms with van der Waals surface area (Å²) in [5.74, 6) is 0. The molecule has 7 aromatic rings. The molecule has 0 unspecified atom stereocenters. The molecule has 0 radical (unpaired) electrons. The van der Waals surface area contributed by atoms with Gasteiger partial charge >= 0.3 is 0 Å². The molecule has 9 rings (SSSR count). The van der Waals surface area contributed by atoms with Crippen molar-refractivity contribution in [3.05, 3.63) is 186 Å². The zero-order chi connectivity index (χ0) is 29.3. The van der Waals surface area contributed by atoms with Crippen LogP contribution in [0.15, 0.2) is 158 Å². The Bertz CT molecular complexity index is 2200. The molecule has 1 spiro atoms. The highest BCUT2D eigenvalue weighted by Crippen LogP contribution is 2.63. The first-order valence-electron chi connectivity index (χ1n) is 15.3. The van der Waals surface area contributed by atoms with Gasteiger partial charge in [0.2, 0.25) is 0 Å². The molecule has 1 nitrogen and oxygen atoms in total. The predicted molar refractivity (Wildman–Crippen MR) is 182 cm³/mol. The van der Waals surface area contributed by atoms with Gasteiger partial charge in [-0.1, -0.05) is 121 Å². The van der Waals surface area contributed by atoms with Gasteiger partial charge in [-0.05, 0) is 109 Å². The number of hydrogen-bond donors (Lipinski definition) is 0. The third kappa shape index (κ3) is 3.50. The summed E-state index contributed by atoms with van der Waals surface area (Å²) in [4.78, 5) is 4.45. The van der Waals surface area contributed by atoms with Crippen LogP contribution in [0.1, 0.15) is 27.8 Å². The molecule has 1 aromatic heterocycles. The van der Waals surface area contributed by atoms with Crippen LogP contribution in [0.5, 0.6) is 0 Å². The van der Waals surface area contributed by atoms with Crippen LogP contribution in [-0.2, 0) is 5.41 Å². The van der Waals surface area contributed by atoms with Gasteiger partial charge < -0.3 is 0 Å². The fourth-order valence-corrected chi connectivity index (χ4v) is 7.73. The van der Waals surface area contributed by atoms with Crippen LogP contribution in [-0.4, -0.2) is 4.98 Å². The maximum atomic E-state index is 4.45. The summed E-state index contributed by atoms with van der Waals surface area (Å²) < 4.78 is 0. The van der Waals surface area contributed by atoms with Crippen LogP contribution in [0.3, 0.4) is 0 Å². The number of aromatic nitrogens is 1. The zero-order valence-corrected chi connectivity index (χ0v) is 24.5. The number of aryl methyl sites for hydroxylation is 1. The van der Waals surface area contributed by atoms with E-state index in [1.54, 1.807) is 0 Å². The molecule has 0 N–H and O–H groups in total. The van der Waals surface area contributed by atoms with Gasteiger partial charge in [0, 0.05) is 18.0 Å². The van der Waals surface area contributed by atoms with E-state index in [1.165, 1.54) is 77.9 Å². The molecule has 44 heavy (non-hydrogen) atoms. The van der Waals surface area contributed by atoms with E-state index in [0.717, 1.165) is 5.56 Å². The van der Waals surface area contributed by atoms with Crippen molar-refractivity contribution in [2.75, 3.05) is 0 Å². The summed E-state index contributed by atoms with van der Waals surface area (Å²) in [5.41, 5.74) is 18.8. The second kappa shape index (κ2) is 9.49. The van der Waals surface area contributed by atoms with Crippen molar-refractivity contribution in [2.45, 2.75) is 12.3 Å². The van der Waals surface area contributed by atoms with Crippen molar-refractivity contribution >= 4 is 0 Å². The van der Waals surface area contributed by atoms with Gasteiger partial charge in [-0.2, -0.15) is 0 Å². The molecule has 0 aliphatic heterocycles. The molecule has 0 saturated heterocycles. The van der Waals surface area contributed by atoms with Gasteiger partial charge in [-0.3, -0.25) is 4.98 Å². The molecule has 0 amide bonds. The van der Waals surface area contributed by atoms with Crippen LogP contribution in [0.2, 0.25) is 0 Å². The molecule has 0 bridgehead atoms. The minimum Gasteiger partial charge on any atom is -0.264 e. The SMILES string of the molecule is Cc1cncc(-c2cccc(-c3ccc4c(c3)-c3cc(-c5ccccc5)ccc3C43c4ccccc4-c4ccccc43)c2)c1. The number of hydrogen-bond acceptors (Lipinski definition) is 1. The van der Waals surface area contributed by atoms with E-state index in [2.05, 4.69) is 158 Å². The van der Waals surface area contributed by atoms with E-state index >= 15 is 0 Å². The maximum Gasteiger partial charge on any atom is 0.0725 e. The minimum atomic E-state index is -0.347. The largest absolute Gasteiger partial charge is 0.264 e. The summed E-state index contributed by atoms with van der Waals surface area (Å²) in [7, 11) is 0. The van der Waals surface area contributed by atoms with Crippen LogP contribution >= 0.6 is 0 Å². The molecule has 0 fully saturated rings. The van der Waals surface area contributed by atoms with Crippen LogP contribution in [0.25, 0.3) is 55.6 Å². The van der Waals surface area contributed by atoms with Crippen molar-refractivity contribution in [2.24, 2.45) is 0 Å². The van der Waals surface area contributed by atoms with Crippen LogP contribution < -0.4 is 0 Å². The van der Waals surface area contributed by atoms with E-state index in [0.29, 0.717) is 0 Å². The molecule has 2 aliphatic rings. The first kappa shape index (κ1) is 25.0. The smallest absolute Gasteiger partial charge is 0.0725 e. The fourth-order valence-electron chi connectivity index (χ4n) is 7.73. The number of nitrogens with zero attached hydrogens (tertiary/aromatic N) is 1. The number of pyridine rings is 1. The monoisotopic (exact) mass is 559 g/mol. The number of benzene rings is 6. The third-order valence-electron chi connectivity index (χ3n) is 9.60. The lowest BCUT2D eigenvalue weighted by atomic mass is 9.70. The Labute approximate surface area is 258 Å². The Morgan fingerprint density at radius 2 is 0.864 bits per heavy atom. The number of fused-ring (bicyclic) bond motifs is 10. The Hall–Kier alpha value is -5.53. The summed E-state index contributed by atoms with van der Waals surface area (Å²) in [6.45, 7) is 2.09. The molecular formula is C43H29N. The second-order valence-electron chi connectivity index (χ2n) is 12.1. The van der Waals surface area contributed by atoms with E-state index in [4.69, 9.17) is 0 Å². The second-order valence-corrected chi connectivity index (χ2v) is 12.1. The number of rotatable bonds is 3. The highest BCUT2D eigenvalue weighted by Gasteiger charge is 2.51. The molecule has 0 atom stereocenters. The lowest BCUT2D eigenvalue weighted by Gasteiger charge is -2.30. The van der Waals surface area contributed by atoms with Crippen LogP contribution in [0, 0.1) is 6.92 Å². The van der Waals surface area contributed by atoms with Crippen molar-refractivity contribution < 1.29 is 0 Å². The molecule has 206 valence electrons.